The molecule has 0 radical (unpaired) electrons. The lowest BCUT2D eigenvalue weighted by Gasteiger charge is -2.09. The van der Waals surface area contributed by atoms with Crippen molar-refractivity contribution in [3.8, 4) is 22.1 Å². The maximum Gasteiger partial charge on any atom is 0.261 e. The van der Waals surface area contributed by atoms with Crippen molar-refractivity contribution in [1.29, 1.82) is 0 Å². The number of aromatic nitrogens is 1. The van der Waals surface area contributed by atoms with Crippen molar-refractivity contribution in [2.75, 3.05) is 19.5 Å². The molecule has 0 spiro atoms. The number of hydrogen-bond donors (Lipinski definition) is 1. The molecule has 1 N–H and O–H groups in total. The van der Waals surface area contributed by atoms with Crippen LogP contribution >= 0.6 is 22.7 Å². The van der Waals surface area contributed by atoms with Crippen LogP contribution in [0, 0.1) is 0 Å². The summed E-state index contributed by atoms with van der Waals surface area (Å²) in [6.07, 6.45) is 0. The Kier molecular flexibility index (Phi) is 4.59. The summed E-state index contributed by atoms with van der Waals surface area (Å²) in [5.74, 6) is 0.820. The molecule has 5 nitrogen and oxygen atoms in total. The Morgan fingerprint density at radius 2 is 2.04 bits per heavy atom. The first-order chi connectivity index (χ1) is 11.2. The smallest absolute Gasteiger partial charge is 0.261 e. The van der Waals surface area contributed by atoms with Gasteiger partial charge in [-0.25, -0.2) is 4.98 Å². The van der Waals surface area contributed by atoms with Crippen LogP contribution in [0.5, 0.6) is 11.5 Å². The van der Waals surface area contributed by atoms with Gasteiger partial charge in [0.1, 0.15) is 11.5 Å². The number of hydrogen-bond acceptors (Lipinski definition) is 6. The second kappa shape index (κ2) is 6.80. The number of rotatable bonds is 5. The van der Waals surface area contributed by atoms with Crippen LogP contribution in [-0.4, -0.2) is 25.1 Å². The van der Waals surface area contributed by atoms with E-state index < -0.39 is 0 Å². The number of thiazole rings is 1. The predicted octanol–water partition coefficient (Wildman–Crippen LogP) is 4.14. The zero-order valence-electron chi connectivity index (χ0n) is 12.5. The van der Waals surface area contributed by atoms with E-state index in [0.717, 1.165) is 10.6 Å². The Bertz CT molecular complexity index is 813. The second-order valence-electron chi connectivity index (χ2n) is 4.54. The zero-order valence-corrected chi connectivity index (χ0v) is 14.2. The standard InChI is InChI=1S/C16H14N2O3S2/c1-20-10-5-6-11(13(8-10)21-2)15(19)18-16-17-12(9-23-16)14-4-3-7-22-14/h3-9H,1-2H3,(H,17,18,19). The topological polar surface area (TPSA) is 60.5 Å². The minimum absolute atomic E-state index is 0.267. The number of amides is 1. The van der Waals surface area contributed by atoms with E-state index in [9.17, 15) is 4.79 Å². The van der Waals surface area contributed by atoms with Gasteiger partial charge in [-0.3, -0.25) is 10.1 Å². The van der Waals surface area contributed by atoms with Gasteiger partial charge < -0.3 is 9.47 Å². The molecule has 0 saturated heterocycles. The maximum atomic E-state index is 12.4. The van der Waals surface area contributed by atoms with Crippen molar-refractivity contribution in [3.05, 3.63) is 46.7 Å². The first-order valence-corrected chi connectivity index (χ1v) is 8.50. The summed E-state index contributed by atoms with van der Waals surface area (Å²) in [7, 11) is 3.08. The van der Waals surface area contributed by atoms with Gasteiger partial charge in [-0.15, -0.1) is 22.7 Å². The molecule has 2 heterocycles. The Morgan fingerprint density at radius 3 is 2.74 bits per heavy atom. The third-order valence-electron chi connectivity index (χ3n) is 3.15. The molecule has 0 unspecified atom stereocenters. The van der Waals surface area contributed by atoms with Crippen molar-refractivity contribution >= 4 is 33.7 Å². The van der Waals surface area contributed by atoms with Crippen LogP contribution in [0.25, 0.3) is 10.6 Å². The molecule has 3 aromatic rings. The molecule has 0 aliphatic rings. The highest BCUT2D eigenvalue weighted by atomic mass is 32.1. The van der Waals surface area contributed by atoms with Gasteiger partial charge in [-0.1, -0.05) is 6.07 Å². The van der Waals surface area contributed by atoms with Gasteiger partial charge in [-0.2, -0.15) is 0 Å². The van der Waals surface area contributed by atoms with Crippen molar-refractivity contribution < 1.29 is 14.3 Å². The zero-order chi connectivity index (χ0) is 16.2. The average Bonchev–Trinajstić information content (AvgIpc) is 3.25. The summed E-state index contributed by atoms with van der Waals surface area (Å²) < 4.78 is 10.4. The number of thiophene rings is 1. The fraction of sp³-hybridized carbons (Fsp3) is 0.125. The fourth-order valence-corrected chi connectivity index (χ4v) is 3.49. The van der Waals surface area contributed by atoms with Crippen LogP contribution in [0.15, 0.2) is 41.1 Å². The molecule has 1 amide bonds. The van der Waals surface area contributed by atoms with Gasteiger partial charge >= 0.3 is 0 Å². The van der Waals surface area contributed by atoms with Crippen LogP contribution in [0.3, 0.4) is 0 Å². The number of benzene rings is 1. The van der Waals surface area contributed by atoms with E-state index in [4.69, 9.17) is 9.47 Å². The van der Waals surface area contributed by atoms with Gasteiger partial charge in [0, 0.05) is 11.4 Å². The molecule has 0 aliphatic carbocycles. The monoisotopic (exact) mass is 346 g/mol. The molecular formula is C16H14N2O3S2. The highest BCUT2D eigenvalue weighted by Gasteiger charge is 2.15. The van der Waals surface area contributed by atoms with Crippen molar-refractivity contribution in [2.24, 2.45) is 0 Å². The molecule has 0 aliphatic heterocycles. The number of carbonyl (C=O) groups is 1. The van der Waals surface area contributed by atoms with Gasteiger partial charge in [0.15, 0.2) is 5.13 Å². The lowest BCUT2D eigenvalue weighted by atomic mass is 10.2. The molecule has 0 bridgehead atoms. The first-order valence-electron chi connectivity index (χ1n) is 6.74. The number of carbonyl (C=O) groups excluding carboxylic acids is 1. The number of ether oxygens (including phenoxy) is 2. The van der Waals surface area contributed by atoms with E-state index in [1.807, 2.05) is 22.9 Å². The summed E-state index contributed by atoms with van der Waals surface area (Å²) in [5, 5.41) is 7.28. The van der Waals surface area contributed by atoms with E-state index in [2.05, 4.69) is 10.3 Å². The van der Waals surface area contributed by atoms with Crippen molar-refractivity contribution in [1.82, 2.24) is 4.98 Å². The van der Waals surface area contributed by atoms with E-state index in [1.165, 1.54) is 18.4 Å². The SMILES string of the molecule is COc1ccc(C(=O)Nc2nc(-c3cccs3)cs2)c(OC)c1. The summed E-state index contributed by atoms with van der Waals surface area (Å²) in [5.41, 5.74) is 1.29. The predicted molar refractivity (Wildman–Crippen MR) is 92.9 cm³/mol. The molecule has 0 atom stereocenters. The number of nitrogens with one attached hydrogen (secondary N) is 1. The maximum absolute atomic E-state index is 12.4. The number of anilines is 1. The van der Waals surface area contributed by atoms with Gasteiger partial charge in [0.05, 0.1) is 30.4 Å². The minimum atomic E-state index is -0.267. The summed E-state index contributed by atoms with van der Waals surface area (Å²) in [6, 6.07) is 9.03. The Morgan fingerprint density at radius 1 is 1.17 bits per heavy atom. The number of nitrogens with zero attached hydrogens (tertiary/aromatic N) is 1. The van der Waals surface area contributed by atoms with Crippen LogP contribution in [0.2, 0.25) is 0 Å². The van der Waals surface area contributed by atoms with Crippen molar-refractivity contribution in [3.63, 3.8) is 0 Å². The lowest BCUT2D eigenvalue weighted by Crippen LogP contribution is -2.13. The highest BCUT2D eigenvalue weighted by molar-refractivity contribution is 7.16. The van der Waals surface area contributed by atoms with E-state index >= 15 is 0 Å². The Hall–Kier alpha value is -2.38. The summed E-state index contributed by atoms with van der Waals surface area (Å²) in [6.45, 7) is 0. The molecule has 3 rings (SSSR count). The van der Waals surface area contributed by atoms with Gasteiger partial charge in [-0.05, 0) is 23.6 Å². The van der Waals surface area contributed by atoms with Crippen LogP contribution in [0.1, 0.15) is 10.4 Å². The second-order valence-corrected chi connectivity index (χ2v) is 6.34. The molecule has 7 heteroatoms. The summed E-state index contributed by atoms with van der Waals surface area (Å²) >= 11 is 3.00. The van der Waals surface area contributed by atoms with Crippen LogP contribution in [0.4, 0.5) is 5.13 Å². The van der Waals surface area contributed by atoms with E-state index in [0.29, 0.717) is 22.2 Å². The molecular weight excluding hydrogens is 332 g/mol. The highest BCUT2D eigenvalue weighted by Crippen LogP contribution is 2.29. The third-order valence-corrected chi connectivity index (χ3v) is 4.80. The third kappa shape index (κ3) is 3.35. The van der Waals surface area contributed by atoms with Crippen LogP contribution in [-0.2, 0) is 0 Å². The molecule has 0 saturated carbocycles. The largest absolute Gasteiger partial charge is 0.497 e. The van der Waals surface area contributed by atoms with Crippen molar-refractivity contribution in [2.45, 2.75) is 0 Å². The molecule has 2 aromatic heterocycles. The Balaban J connectivity index is 1.79. The molecule has 1 aromatic carbocycles. The lowest BCUT2D eigenvalue weighted by molar-refractivity contribution is 0.102. The van der Waals surface area contributed by atoms with Crippen LogP contribution < -0.4 is 14.8 Å². The fourth-order valence-electron chi connectivity index (χ4n) is 2.02. The summed E-state index contributed by atoms with van der Waals surface area (Å²) in [4.78, 5) is 17.9. The molecule has 118 valence electrons. The van der Waals surface area contributed by atoms with E-state index in [-0.39, 0.29) is 5.91 Å². The average molecular weight is 346 g/mol. The number of methoxy groups -OCH3 is 2. The first kappa shape index (κ1) is 15.5. The van der Waals surface area contributed by atoms with Gasteiger partial charge in [0.2, 0.25) is 0 Å². The molecule has 23 heavy (non-hydrogen) atoms. The van der Waals surface area contributed by atoms with E-state index in [1.54, 1.807) is 36.6 Å². The molecule has 0 fully saturated rings. The normalized spacial score (nSPS) is 10.3. The quantitative estimate of drug-likeness (QED) is 0.754. The Labute approximate surface area is 141 Å². The minimum Gasteiger partial charge on any atom is -0.497 e. The van der Waals surface area contributed by atoms with Gasteiger partial charge in [0.25, 0.3) is 5.91 Å².